The van der Waals surface area contributed by atoms with Crippen LogP contribution < -0.4 is 0 Å². The number of aliphatic carboxylic acids is 1. The van der Waals surface area contributed by atoms with Gasteiger partial charge in [-0.2, -0.15) is 4.31 Å². The Hall–Kier alpha value is -1.41. The zero-order chi connectivity index (χ0) is 12.6. The average Bonchev–Trinajstić information content (AvgIpc) is 2.84. The van der Waals surface area contributed by atoms with Gasteiger partial charge in [-0.05, 0) is 12.8 Å². The van der Waals surface area contributed by atoms with E-state index in [1.54, 1.807) is 7.05 Å². The smallest absolute Gasteiger partial charge is 0.322 e. The molecule has 7 nitrogen and oxygen atoms in total. The molecule has 8 heteroatoms. The first-order valence-corrected chi connectivity index (χ1v) is 6.59. The fourth-order valence-corrected chi connectivity index (χ4v) is 3.54. The van der Waals surface area contributed by atoms with Gasteiger partial charge in [-0.1, -0.05) is 0 Å². The molecule has 1 unspecified atom stereocenters. The normalized spacial score (nSPS) is 21.8. The van der Waals surface area contributed by atoms with Gasteiger partial charge in [0.05, 0.1) is 6.33 Å². The maximum absolute atomic E-state index is 12.1. The maximum atomic E-state index is 12.1. The molecule has 0 saturated carbocycles. The van der Waals surface area contributed by atoms with Gasteiger partial charge in [0.15, 0.2) is 5.03 Å². The molecule has 1 aliphatic rings. The van der Waals surface area contributed by atoms with Crippen LogP contribution in [-0.4, -0.2) is 45.9 Å². The van der Waals surface area contributed by atoms with Crippen molar-refractivity contribution in [2.75, 3.05) is 6.54 Å². The molecule has 0 aromatic carbocycles. The molecule has 0 amide bonds. The predicted octanol–water partition coefficient (Wildman–Crippen LogP) is -0.342. The molecule has 0 bridgehead atoms. The summed E-state index contributed by atoms with van der Waals surface area (Å²) < 4.78 is 26.8. The Morgan fingerprint density at radius 3 is 2.82 bits per heavy atom. The summed E-state index contributed by atoms with van der Waals surface area (Å²) in [7, 11) is -2.13. The van der Waals surface area contributed by atoms with E-state index in [1.807, 2.05) is 0 Å². The van der Waals surface area contributed by atoms with Crippen LogP contribution >= 0.6 is 0 Å². The lowest BCUT2D eigenvalue weighted by atomic mass is 10.2. The highest BCUT2D eigenvalue weighted by molar-refractivity contribution is 7.89. The van der Waals surface area contributed by atoms with Crippen LogP contribution in [0.1, 0.15) is 12.8 Å². The molecular weight excluding hydrogens is 246 g/mol. The maximum Gasteiger partial charge on any atom is 0.322 e. The Labute approximate surface area is 98.7 Å². The number of hydrogen-bond acceptors (Lipinski definition) is 4. The second-order valence-electron chi connectivity index (χ2n) is 3.99. The molecule has 94 valence electrons. The van der Waals surface area contributed by atoms with Gasteiger partial charge in [-0.15, -0.1) is 0 Å². The second kappa shape index (κ2) is 4.11. The lowest BCUT2D eigenvalue weighted by Gasteiger charge is -2.19. The minimum absolute atomic E-state index is 0.104. The number of hydrogen-bond donors (Lipinski definition) is 1. The molecule has 0 spiro atoms. The first kappa shape index (κ1) is 12.1. The monoisotopic (exact) mass is 259 g/mol. The second-order valence-corrected chi connectivity index (χ2v) is 5.83. The van der Waals surface area contributed by atoms with Crippen molar-refractivity contribution in [2.45, 2.75) is 23.9 Å². The van der Waals surface area contributed by atoms with E-state index >= 15 is 0 Å². The van der Waals surface area contributed by atoms with E-state index in [0.29, 0.717) is 12.8 Å². The topological polar surface area (TPSA) is 92.5 Å². The van der Waals surface area contributed by atoms with Crippen LogP contribution in [0.2, 0.25) is 0 Å². The summed E-state index contributed by atoms with van der Waals surface area (Å²) in [5.41, 5.74) is 0. The standard InChI is InChI=1S/C9H13N3O4S/c1-11-5-8(10-6-11)17(15,16)12-4-2-3-7(12)9(13)14/h5-7H,2-4H2,1H3,(H,13,14). The van der Waals surface area contributed by atoms with E-state index in [9.17, 15) is 13.2 Å². The summed E-state index contributed by atoms with van der Waals surface area (Å²) in [6.07, 6.45) is 3.65. The van der Waals surface area contributed by atoms with Crippen LogP contribution in [0.3, 0.4) is 0 Å². The summed E-state index contributed by atoms with van der Waals surface area (Å²) in [6.45, 7) is 0.232. The number of nitrogens with zero attached hydrogens (tertiary/aromatic N) is 3. The van der Waals surface area contributed by atoms with E-state index in [-0.39, 0.29) is 11.6 Å². The third-order valence-corrected chi connectivity index (χ3v) is 4.54. The molecule has 1 fully saturated rings. The molecule has 2 heterocycles. The molecule has 1 atom stereocenters. The Kier molecular flexibility index (Phi) is 2.92. The molecule has 1 aromatic rings. The van der Waals surface area contributed by atoms with E-state index in [0.717, 1.165) is 4.31 Å². The Morgan fingerprint density at radius 1 is 1.59 bits per heavy atom. The summed E-state index contributed by atoms with van der Waals surface area (Å²) in [5, 5.41) is 8.86. The van der Waals surface area contributed by atoms with Gasteiger partial charge in [0.1, 0.15) is 6.04 Å². The highest BCUT2D eigenvalue weighted by atomic mass is 32.2. The van der Waals surface area contributed by atoms with Gasteiger partial charge < -0.3 is 9.67 Å². The molecule has 1 N–H and O–H groups in total. The van der Waals surface area contributed by atoms with Crippen LogP contribution in [0.15, 0.2) is 17.6 Å². The highest BCUT2D eigenvalue weighted by Gasteiger charge is 2.40. The van der Waals surface area contributed by atoms with Crippen molar-refractivity contribution >= 4 is 16.0 Å². The van der Waals surface area contributed by atoms with E-state index in [4.69, 9.17) is 5.11 Å². The summed E-state index contributed by atoms with van der Waals surface area (Å²) >= 11 is 0. The summed E-state index contributed by atoms with van der Waals surface area (Å²) in [4.78, 5) is 14.7. The molecule has 1 saturated heterocycles. The van der Waals surface area contributed by atoms with E-state index < -0.39 is 22.0 Å². The minimum atomic E-state index is -3.79. The van der Waals surface area contributed by atoms with Gasteiger partial charge in [0.25, 0.3) is 10.0 Å². The van der Waals surface area contributed by atoms with Gasteiger partial charge in [0.2, 0.25) is 0 Å². The number of carboxylic acids is 1. The van der Waals surface area contributed by atoms with Gasteiger partial charge >= 0.3 is 5.97 Å². The van der Waals surface area contributed by atoms with E-state index in [2.05, 4.69) is 4.98 Å². The fourth-order valence-electron chi connectivity index (χ4n) is 1.92. The first-order valence-electron chi connectivity index (χ1n) is 5.15. The number of sulfonamides is 1. The zero-order valence-electron chi connectivity index (χ0n) is 9.28. The molecule has 0 aliphatic carbocycles. The summed E-state index contributed by atoms with van der Waals surface area (Å²) in [6, 6.07) is -0.970. The average molecular weight is 259 g/mol. The van der Waals surface area contributed by atoms with Gasteiger partial charge in [0, 0.05) is 19.8 Å². The Bertz CT molecular complexity index is 536. The molecular formula is C9H13N3O4S. The van der Waals surface area contributed by atoms with Crippen LogP contribution in [0.5, 0.6) is 0 Å². The van der Waals surface area contributed by atoms with Crippen molar-refractivity contribution in [1.29, 1.82) is 0 Å². The number of carbonyl (C=O) groups is 1. The third-order valence-electron chi connectivity index (χ3n) is 2.74. The van der Waals surface area contributed by atoms with Crippen LogP contribution in [0.4, 0.5) is 0 Å². The lowest BCUT2D eigenvalue weighted by Crippen LogP contribution is -2.40. The summed E-state index contributed by atoms with van der Waals surface area (Å²) in [5.74, 6) is -1.11. The highest BCUT2D eigenvalue weighted by Crippen LogP contribution is 2.25. The number of imidazole rings is 1. The van der Waals surface area contributed by atoms with E-state index in [1.165, 1.54) is 17.1 Å². The molecule has 17 heavy (non-hydrogen) atoms. The van der Waals surface area contributed by atoms with Gasteiger partial charge in [-0.25, -0.2) is 13.4 Å². The quantitative estimate of drug-likeness (QED) is 0.801. The van der Waals surface area contributed by atoms with Crippen molar-refractivity contribution in [3.63, 3.8) is 0 Å². The van der Waals surface area contributed by atoms with Crippen LogP contribution in [0.25, 0.3) is 0 Å². The van der Waals surface area contributed by atoms with Crippen molar-refractivity contribution in [3.8, 4) is 0 Å². The Morgan fingerprint density at radius 2 is 2.29 bits per heavy atom. The van der Waals surface area contributed by atoms with Crippen molar-refractivity contribution in [2.24, 2.45) is 7.05 Å². The third kappa shape index (κ3) is 2.05. The van der Waals surface area contributed by atoms with Crippen molar-refractivity contribution < 1.29 is 18.3 Å². The molecule has 1 aromatic heterocycles. The van der Waals surface area contributed by atoms with Gasteiger partial charge in [-0.3, -0.25) is 4.79 Å². The fraction of sp³-hybridized carbons (Fsp3) is 0.556. The van der Waals surface area contributed by atoms with Crippen molar-refractivity contribution in [1.82, 2.24) is 13.9 Å². The molecule has 1 aliphatic heterocycles. The number of rotatable bonds is 3. The SMILES string of the molecule is Cn1cnc(S(=O)(=O)N2CCCC2C(=O)O)c1. The number of aromatic nitrogens is 2. The lowest BCUT2D eigenvalue weighted by molar-refractivity contribution is -0.140. The van der Waals surface area contributed by atoms with Crippen molar-refractivity contribution in [3.05, 3.63) is 12.5 Å². The number of aryl methyl sites for hydroxylation is 1. The van der Waals surface area contributed by atoms with Crippen LogP contribution in [-0.2, 0) is 21.9 Å². The largest absolute Gasteiger partial charge is 0.480 e. The van der Waals surface area contributed by atoms with Crippen LogP contribution in [0, 0.1) is 0 Å². The number of carboxylic acid groups (broad SMARTS) is 1. The minimum Gasteiger partial charge on any atom is -0.480 e. The first-order chi connectivity index (χ1) is 7.93. The zero-order valence-corrected chi connectivity index (χ0v) is 10.1. The predicted molar refractivity (Wildman–Crippen MR) is 57.8 cm³/mol. The Balaban J connectivity index is 2.36. The molecule has 0 radical (unpaired) electrons. The molecule has 2 rings (SSSR count).